The molecule has 0 amide bonds. The molecule has 0 atom stereocenters. The number of ether oxygens (including phenoxy) is 2. The number of rotatable bonds is 6. The Morgan fingerprint density at radius 3 is 1.60 bits per heavy atom. The summed E-state index contributed by atoms with van der Waals surface area (Å²) in [6, 6.07) is 11.9. The van der Waals surface area contributed by atoms with E-state index in [1.807, 2.05) is 24.3 Å². The second kappa shape index (κ2) is 6.59. The van der Waals surface area contributed by atoms with Gasteiger partial charge in [-0.15, -0.1) is 0 Å². The van der Waals surface area contributed by atoms with Crippen molar-refractivity contribution in [3.8, 4) is 11.5 Å². The maximum absolute atomic E-state index is 5.84. The Bertz CT molecular complexity index is 573. The van der Waals surface area contributed by atoms with Crippen LogP contribution in [0.3, 0.4) is 0 Å². The van der Waals surface area contributed by atoms with Crippen molar-refractivity contribution in [3.05, 3.63) is 69.0 Å². The number of hydrogen-bond donors (Lipinski definition) is 0. The van der Waals surface area contributed by atoms with E-state index in [4.69, 9.17) is 9.47 Å². The van der Waals surface area contributed by atoms with E-state index in [9.17, 15) is 0 Å². The van der Waals surface area contributed by atoms with Gasteiger partial charge in [-0.2, -0.15) is 22.7 Å². The van der Waals surface area contributed by atoms with Gasteiger partial charge in [-0.3, -0.25) is 0 Å². The Labute approximate surface area is 126 Å². The molecule has 1 aromatic carbocycles. The molecule has 0 aliphatic rings. The van der Waals surface area contributed by atoms with E-state index in [0.29, 0.717) is 13.2 Å². The highest BCUT2D eigenvalue weighted by Gasteiger charge is 2.05. The van der Waals surface area contributed by atoms with E-state index in [0.717, 1.165) is 11.5 Å². The molecule has 4 heteroatoms. The van der Waals surface area contributed by atoms with Crippen LogP contribution in [-0.2, 0) is 13.2 Å². The van der Waals surface area contributed by atoms with Crippen LogP contribution in [0, 0.1) is 0 Å². The van der Waals surface area contributed by atoms with E-state index < -0.39 is 0 Å². The molecule has 0 spiro atoms. The predicted octanol–water partition coefficient (Wildman–Crippen LogP) is 4.97. The third-order valence-electron chi connectivity index (χ3n) is 2.80. The molecule has 0 radical (unpaired) electrons. The number of benzene rings is 1. The summed E-state index contributed by atoms with van der Waals surface area (Å²) in [7, 11) is 0. The van der Waals surface area contributed by atoms with E-state index in [1.54, 1.807) is 22.7 Å². The lowest BCUT2D eigenvalue weighted by Crippen LogP contribution is -1.99. The van der Waals surface area contributed by atoms with Crippen LogP contribution in [0.4, 0.5) is 0 Å². The lowest BCUT2D eigenvalue weighted by molar-refractivity contribution is 0.256. The van der Waals surface area contributed by atoms with Gasteiger partial charge in [-0.25, -0.2) is 0 Å². The minimum absolute atomic E-state index is 0.572. The average Bonchev–Trinajstić information content (AvgIpc) is 3.17. The zero-order valence-corrected chi connectivity index (χ0v) is 12.5. The van der Waals surface area contributed by atoms with Crippen LogP contribution in [0.15, 0.2) is 57.9 Å². The molecular weight excluding hydrogens is 288 g/mol. The second-order valence-corrected chi connectivity index (χ2v) is 5.85. The summed E-state index contributed by atoms with van der Waals surface area (Å²) in [5, 5.41) is 8.29. The summed E-state index contributed by atoms with van der Waals surface area (Å²) in [5.41, 5.74) is 2.37. The van der Waals surface area contributed by atoms with Crippen LogP contribution in [0.2, 0.25) is 0 Å². The van der Waals surface area contributed by atoms with Gasteiger partial charge in [-0.05, 0) is 56.9 Å². The topological polar surface area (TPSA) is 18.5 Å². The van der Waals surface area contributed by atoms with Crippen LogP contribution in [-0.4, -0.2) is 0 Å². The van der Waals surface area contributed by atoms with Crippen molar-refractivity contribution in [3.63, 3.8) is 0 Å². The summed E-state index contributed by atoms with van der Waals surface area (Å²) in [5.74, 6) is 1.57. The monoisotopic (exact) mass is 302 g/mol. The minimum Gasteiger partial charge on any atom is -0.485 e. The van der Waals surface area contributed by atoms with Gasteiger partial charge in [0.25, 0.3) is 0 Å². The average molecular weight is 302 g/mol. The molecule has 2 heterocycles. The van der Waals surface area contributed by atoms with Gasteiger partial charge in [0, 0.05) is 0 Å². The van der Waals surface area contributed by atoms with Crippen molar-refractivity contribution in [1.29, 1.82) is 0 Å². The molecule has 3 rings (SSSR count). The van der Waals surface area contributed by atoms with Gasteiger partial charge in [0.05, 0.1) is 0 Å². The molecule has 102 valence electrons. The fourth-order valence-corrected chi connectivity index (χ4v) is 3.07. The Morgan fingerprint density at radius 1 is 0.700 bits per heavy atom. The smallest absolute Gasteiger partial charge is 0.161 e. The molecule has 20 heavy (non-hydrogen) atoms. The highest BCUT2D eigenvalue weighted by Crippen LogP contribution is 2.28. The molecule has 0 saturated carbocycles. The highest BCUT2D eigenvalue weighted by molar-refractivity contribution is 7.08. The van der Waals surface area contributed by atoms with Crippen LogP contribution in [0.1, 0.15) is 11.1 Å². The minimum atomic E-state index is 0.572. The lowest BCUT2D eigenvalue weighted by Gasteiger charge is -2.11. The molecule has 0 N–H and O–H groups in total. The van der Waals surface area contributed by atoms with Gasteiger partial charge >= 0.3 is 0 Å². The maximum atomic E-state index is 5.84. The maximum Gasteiger partial charge on any atom is 0.161 e. The van der Waals surface area contributed by atoms with Crippen molar-refractivity contribution in [2.24, 2.45) is 0 Å². The van der Waals surface area contributed by atoms with E-state index in [2.05, 4.69) is 33.7 Å². The van der Waals surface area contributed by atoms with E-state index in [1.165, 1.54) is 11.1 Å². The summed E-state index contributed by atoms with van der Waals surface area (Å²) in [6.07, 6.45) is 0. The van der Waals surface area contributed by atoms with Gasteiger partial charge in [-0.1, -0.05) is 12.1 Å². The zero-order chi connectivity index (χ0) is 13.6. The highest BCUT2D eigenvalue weighted by atomic mass is 32.1. The lowest BCUT2D eigenvalue weighted by atomic mass is 10.3. The number of hydrogen-bond acceptors (Lipinski definition) is 4. The summed E-state index contributed by atoms with van der Waals surface area (Å²) < 4.78 is 11.7. The first-order valence-corrected chi connectivity index (χ1v) is 8.17. The SMILES string of the molecule is c1ccc(OCc2ccsc2)c(OCc2ccsc2)c1. The Morgan fingerprint density at radius 2 is 1.20 bits per heavy atom. The standard InChI is InChI=1S/C16H14O2S2/c1-2-4-16(18-10-14-6-8-20-12-14)15(3-1)17-9-13-5-7-19-11-13/h1-8,11-12H,9-10H2. The third-order valence-corrected chi connectivity index (χ3v) is 4.26. The van der Waals surface area contributed by atoms with Gasteiger partial charge in [0.2, 0.25) is 0 Å². The van der Waals surface area contributed by atoms with Crippen LogP contribution >= 0.6 is 22.7 Å². The largest absolute Gasteiger partial charge is 0.485 e. The molecule has 0 fully saturated rings. The summed E-state index contributed by atoms with van der Waals surface area (Å²) >= 11 is 3.35. The molecule has 2 aromatic heterocycles. The van der Waals surface area contributed by atoms with Crippen LogP contribution in [0.5, 0.6) is 11.5 Å². The van der Waals surface area contributed by atoms with E-state index in [-0.39, 0.29) is 0 Å². The van der Waals surface area contributed by atoms with E-state index >= 15 is 0 Å². The fourth-order valence-electron chi connectivity index (χ4n) is 1.76. The molecule has 0 unspecified atom stereocenters. The summed E-state index contributed by atoms with van der Waals surface area (Å²) in [4.78, 5) is 0. The van der Waals surface area contributed by atoms with Crippen LogP contribution in [0.25, 0.3) is 0 Å². The van der Waals surface area contributed by atoms with Gasteiger partial charge in [0.15, 0.2) is 11.5 Å². The van der Waals surface area contributed by atoms with Crippen molar-refractivity contribution >= 4 is 22.7 Å². The summed E-state index contributed by atoms with van der Waals surface area (Å²) in [6.45, 7) is 1.14. The van der Waals surface area contributed by atoms with Crippen molar-refractivity contribution in [2.45, 2.75) is 13.2 Å². The quantitative estimate of drug-likeness (QED) is 0.640. The zero-order valence-electron chi connectivity index (χ0n) is 10.8. The van der Waals surface area contributed by atoms with Crippen molar-refractivity contribution in [2.75, 3.05) is 0 Å². The Hall–Kier alpha value is -1.78. The predicted molar refractivity (Wildman–Crippen MR) is 83.7 cm³/mol. The number of thiophene rings is 2. The molecule has 0 saturated heterocycles. The van der Waals surface area contributed by atoms with Crippen LogP contribution < -0.4 is 9.47 Å². The van der Waals surface area contributed by atoms with Crippen molar-refractivity contribution < 1.29 is 9.47 Å². The Kier molecular flexibility index (Phi) is 4.35. The van der Waals surface area contributed by atoms with Gasteiger partial charge < -0.3 is 9.47 Å². The first-order chi connectivity index (χ1) is 9.92. The first-order valence-electron chi connectivity index (χ1n) is 6.28. The van der Waals surface area contributed by atoms with Crippen molar-refractivity contribution in [1.82, 2.24) is 0 Å². The second-order valence-electron chi connectivity index (χ2n) is 4.29. The number of para-hydroxylation sites is 2. The molecule has 2 nitrogen and oxygen atoms in total. The first kappa shape index (κ1) is 13.2. The molecule has 0 bridgehead atoms. The molecule has 0 aliphatic carbocycles. The van der Waals surface area contributed by atoms with Gasteiger partial charge in [0.1, 0.15) is 13.2 Å². The Balaban J connectivity index is 1.64. The fraction of sp³-hybridized carbons (Fsp3) is 0.125. The molecular formula is C16H14O2S2. The normalized spacial score (nSPS) is 10.4. The third kappa shape index (κ3) is 3.40. The molecule has 3 aromatic rings. The molecule has 0 aliphatic heterocycles.